The second-order valence-corrected chi connectivity index (χ2v) is 11.0. The molecule has 1 N–H and O–H groups in total. The first-order valence-electron chi connectivity index (χ1n) is 13.2. The van der Waals surface area contributed by atoms with Gasteiger partial charge in [-0.1, -0.05) is 62.4 Å². The molecule has 0 spiro atoms. The fraction of sp³-hybridized carbons (Fsp3) is 0.533. The van der Waals surface area contributed by atoms with E-state index in [1.807, 2.05) is 30.5 Å². The number of methoxy groups -OCH3 is 1. The summed E-state index contributed by atoms with van der Waals surface area (Å²) < 4.78 is 4.94. The number of ether oxygens (including phenoxy) is 1. The smallest absolute Gasteiger partial charge is 0.328 e. The standard InChI is InChI=1S/C30H42N2O3S/c1-22-10-8-9-13-25(22)27-20-24(21-32(2)18-16-23-11-6-5-7-12-23)14-15-26(27)29(33)31-28(17-19-36-4)30(34)35-3/h8-10,13-15,20,23,28H,5-7,11-12,16-19,21H2,1-4H3,(H,31,33). The van der Waals surface area contributed by atoms with E-state index in [2.05, 4.69) is 42.4 Å². The average Bonchev–Trinajstić information content (AvgIpc) is 2.90. The van der Waals surface area contributed by atoms with Crippen molar-refractivity contribution >= 4 is 23.6 Å². The molecular formula is C30H42N2O3S. The molecule has 196 valence electrons. The molecule has 0 aliphatic heterocycles. The third-order valence-corrected chi connectivity index (χ3v) is 7.91. The van der Waals surface area contributed by atoms with Crippen LogP contribution in [-0.4, -0.2) is 55.5 Å². The molecule has 2 aromatic rings. The molecule has 1 fully saturated rings. The van der Waals surface area contributed by atoms with E-state index in [1.54, 1.807) is 11.8 Å². The summed E-state index contributed by atoms with van der Waals surface area (Å²) in [6.45, 7) is 3.99. The Kier molecular flexibility index (Phi) is 11.3. The lowest BCUT2D eigenvalue weighted by Crippen LogP contribution is -2.42. The Labute approximate surface area is 221 Å². The number of esters is 1. The van der Waals surface area contributed by atoms with Gasteiger partial charge in [-0.2, -0.15) is 11.8 Å². The summed E-state index contributed by atoms with van der Waals surface area (Å²) >= 11 is 1.64. The van der Waals surface area contributed by atoms with E-state index in [1.165, 1.54) is 51.2 Å². The van der Waals surface area contributed by atoms with E-state index in [0.29, 0.717) is 12.0 Å². The van der Waals surface area contributed by atoms with Crippen LogP contribution in [0, 0.1) is 12.8 Å². The number of hydrogen-bond donors (Lipinski definition) is 1. The van der Waals surface area contributed by atoms with Crippen molar-refractivity contribution in [3.63, 3.8) is 0 Å². The number of nitrogens with one attached hydrogen (secondary N) is 1. The number of carbonyl (C=O) groups excluding carboxylic acids is 2. The molecule has 1 atom stereocenters. The molecule has 1 amide bonds. The van der Waals surface area contributed by atoms with Crippen LogP contribution in [-0.2, 0) is 16.1 Å². The second-order valence-electron chi connectivity index (χ2n) is 10.1. The van der Waals surface area contributed by atoms with Gasteiger partial charge in [-0.3, -0.25) is 4.79 Å². The van der Waals surface area contributed by atoms with Crippen molar-refractivity contribution in [2.75, 3.05) is 32.7 Å². The van der Waals surface area contributed by atoms with Gasteiger partial charge < -0.3 is 15.0 Å². The van der Waals surface area contributed by atoms with Gasteiger partial charge in [0.05, 0.1) is 7.11 Å². The van der Waals surface area contributed by atoms with E-state index in [-0.39, 0.29) is 5.91 Å². The second kappa shape index (κ2) is 14.4. The topological polar surface area (TPSA) is 58.6 Å². The maximum absolute atomic E-state index is 13.4. The quantitative estimate of drug-likeness (QED) is 0.350. The normalized spacial score (nSPS) is 15.0. The third kappa shape index (κ3) is 8.10. The molecule has 2 aromatic carbocycles. The molecule has 5 nitrogen and oxygen atoms in total. The van der Waals surface area contributed by atoms with Gasteiger partial charge >= 0.3 is 5.97 Å². The van der Waals surface area contributed by atoms with Gasteiger partial charge in [0.25, 0.3) is 5.91 Å². The molecule has 0 heterocycles. The summed E-state index contributed by atoms with van der Waals surface area (Å²) in [5.41, 5.74) is 4.81. The number of benzene rings is 2. The van der Waals surface area contributed by atoms with E-state index < -0.39 is 12.0 Å². The minimum atomic E-state index is -0.662. The van der Waals surface area contributed by atoms with Gasteiger partial charge in [-0.15, -0.1) is 0 Å². The lowest BCUT2D eigenvalue weighted by molar-refractivity contribution is -0.142. The van der Waals surface area contributed by atoms with Crippen molar-refractivity contribution < 1.29 is 14.3 Å². The summed E-state index contributed by atoms with van der Waals surface area (Å²) in [7, 11) is 3.54. The van der Waals surface area contributed by atoms with Crippen molar-refractivity contribution in [2.45, 2.75) is 64.5 Å². The van der Waals surface area contributed by atoms with Gasteiger partial charge in [0.15, 0.2) is 0 Å². The van der Waals surface area contributed by atoms with Gasteiger partial charge in [-0.25, -0.2) is 4.79 Å². The third-order valence-electron chi connectivity index (χ3n) is 7.26. The minimum absolute atomic E-state index is 0.248. The average molecular weight is 511 g/mol. The van der Waals surface area contributed by atoms with Crippen LogP contribution in [0.25, 0.3) is 11.1 Å². The highest BCUT2D eigenvalue weighted by atomic mass is 32.2. The zero-order chi connectivity index (χ0) is 25.9. The summed E-state index contributed by atoms with van der Waals surface area (Å²) in [6, 6.07) is 13.6. The fourth-order valence-electron chi connectivity index (χ4n) is 5.12. The number of rotatable bonds is 12. The lowest BCUT2D eigenvalue weighted by Gasteiger charge is -2.25. The van der Waals surface area contributed by atoms with Crippen molar-refractivity contribution in [2.24, 2.45) is 5.92 Å². The van der Waals surface area contributed by atoms with Crippen molar-refractivity contribution in [3.8, 4) is 11.1 Å². The van der Waals surface area contributed by atoms with Crippen molar-refractivity contribution in [1.29, 1.82) is 0 Å². The molecular weight excluding hydrogens is 468 g/mol. The molecule has 0 aromatic heterocycles. The van der Waals surface area contributed by atoms with Crippen LogP contribution < -0.4 is 5.32 Å². The predicted molar refractivity (Wildman–Crippen MR) is 150 cm³/mol. The van der Waals surface area contributed by atoms with Crippen LogP contribution in [0.2, 0.25) is 0 Å². The summed E-state index contributed by atoms with van der Waals surface area (Å²) in [4.78, 5) is 28.1. The predicted octanol–water partition coefficient (Wildman–Crippen LogP) is 6.09. The first kappa shape index (κ1) is 28.3. The van der Waals surface area contributed by atoms with Crippen LogP contribution in [0.4, 0.5) is 0 Å². The van der Waals surface area contributed by atoms with E-state index >= 15 is 0 Å². The highest BCUT2D eigenvalue weighted by molar-refractivity contribution is 7.98. The van der Waals surface area contributed by atoms with Gasteiger partial charge in [0, 0.05) is 12.1 Å². The molecule has 1 saturated carbocycles. The monoisotopic (exact) mass is 510 g/mol. The van der Waals surface area contributed by atoms with E-state index in [4.69, 9.17) is 4.74 Å². The number of aryl methyl sites for hydroxylation is 1. The van der Waals surface area contributed by atoms with Crippen LogP contribution in [0.3, 0.4) is 0 Å². The fourth-order valence-corrected chi connectivity index (χ4v) is 5.59. The zero-order valence-corrected chi connectivity index (χ0v) is 23.2. The molecule has 1 unspecified atom stereocenters. The summed E-state index contributed by atoms with van der Waals surface area (Å²) in [5.74, 6) is 0.966. The Hall–Kier alpha value is -2.31. The molecule has 0 saturated heterocycles. The van der Waals surface area contributed by atoms with Crippen LogP contribution in [0.1, 0.15) is 66.4 Å². The largest absolute Gasteiger partial charge is 0.467 e. The number of thioether (sulfide) groups is 1. The molecule has 6 heteroatoms. The minimum Gasteiger partial charge on any atom is -0.467 e. The van der Waals surface area contributed by atoms with Crippen LogP contribution in [0.5, 0.6) is 0 Å². The first-order valence-corrected chi connectivity index (χ1v) is 14.6. The Morgan fingerprint density at radius 1 is 1.11 bits per heavy atom. The Morgan fingerprint density at radius 2 is 1.86 bits per heavy atom. The molecule has 1 aliphatic carbocycles. The molecule has 3 rings (SSSR count). The number of hydrogen-bond acceptors (Lipinski definition) is 5. The van der Waals surface area contributed by atoms with Crippen molar-refractivity contribution in [1.82, 2.24) is 10.2 Å². The Morgan fingerprint density at radius 3 is 2.56 bits per heavy atom. The highest BCUT2D eigenvalue weighted by Crippen LogP contribution is 2.29. The van der Waals surface area contributed by atoms with Gasteiger partial charge in [0.1, 0.15) is 6.04 Å². The van der Waals surface area contributed by atoms with E-state index in [9.17, 15) is 9.59 Å². The van der Waals surface area contributed by atoms with Gasteiger partial charge in [0.2, 0.25) is 0 Å². The van der Waals surface area contributed by atoms with Crippen LogP contribution in [0.15, 0.2) is 42.5 Å². The Balaban J connectivity index is 1.81. The SMILES string of the molecule is COC(=O)C(CCSC)NC(=O)c1ccc(CN(C)CCC2CCCCC2)cc1-c1ccccc1C. The molecule has 36 heavy (non-hydrogen) atoms. The van der Waals surface area contributed by atoms with Crippen molar-refractivity contribution in [3.05, 3.63) is 59.2 Å². The summed E-state index contributed by atoms with van der Waals surface area (Å²) in [5, 5.41) is 2.93. The molecule has 0 radical (unpaired) electrons. The van der Waals surface area contributed by atoms with Gasteiger partial charge in [-0.05, 0) is 85.7 Å². The number of nitrogens with zero attached hydrogens (tertiary/aromatic N) is 1. The summed E-state index contributed by atoms with van der Waals surface area (Å²) in [6.07, 6.45) is 10.7. The zero-order valence-electron chi connectivity index (χ0n) is 22.3. The number of carbonyl (C=O) groups is 2. The maximum Gasteiger partial charge on any atom is 0.328 e. The Bertz CT molecular complexity index is 1000. The lowest BCUT2D eigenvalue weighted by atomic mass is 9.87. The first-order chi connectivity index (χ1) is 17.4. The number of amides is 1. The van der Waals surface area contributed by atoms with E-state index in [0.717, 1.165) is 41.5 Å². The highest BCUT2D eigenvalue weighted by Gasteiger charge is 2.24. The van der Waals surface area contributed by atoms with Crippen LogP contribution >= 0.6 is 11.8 Å². The molecule has 1 aliphatic rings. The maximum atomic E-state index is 13.4. The molecule has 0 bridgehead atoms.